The van der Waals surface area contributed by atoms with Crippen LogP contribution in [0.3, 0.4) is 0 Å². The Hall–Kier alpha value is -2.52. The number of carbonyl (C=O) groups is 2. The van der Waals surface area contributed by atoms with Crippen LogP contribution >= 0.6 is 0 Å². The predicted molar refractivity (Wildman–Crippen MR) is 109 cm³/mol. The fraction of sp³-hybridized carbons (Fsp3) is 0.636. The zero-order chi connectivity index (χ0) is 24.1. The number of likely N-dealkylation sites (tertiary alicyclic amines) is 1. The molecule has 0 aliphatic carbocycles. The van der Waals surface area contributed by atoms with Crippen molar-refractivity contribution in [3.8, 4) is 5.75 Å². The summed E-state index contributed by atoms with van der Waals surface area (Å²) in [7, 11) is 0. The molecule has 2 rings (SSSR count). The summed E-state index contributed by atoms with van der Waals surface area (Å²) in [6.45, 7) is 7.70. The number of nitrogens with one attached hydrogen (secondary N) is 1. The second-order valence-corrected chi connectivity index (χ2v) is 8.89. The van der Waals surface area contributed by atoms with Crippen LogP contribution < -0.4 is 10.1 Å². The molecule has 1 fully saturated rings. The van der Waals surface area contributed by atoms with Gasteiger partial charge in [0, 0.05) is 31.6 Å². The number of benzene rings is 1. The molecule has 0 aromatic heterocycles. The quantitative estimate of drug-likeness (QED) is 0.482. The monoisotopic (exact) mass is 462 g/mol. The van der Waals surface area contributed by atoms with E-state index < -0.39 is 46.6 Å². The molecule has 1 aromatic carbocycles. The highest BCUT2D eigenvalue weighted by molar-refractivity contribution is 5.80. The fourth-order valence-corrected chi connectivity index (χ4v) is 3.27. The summed E-state index contributed by atoms with van der Waals surface area (Å²) in [5, 5.41) is 2.77. The molecular formula is C22H30F4N2O4. The van der Waals surface area contributed by atoms with Gasteiger partial charge in [-0.1, -0.05) is 6.92 Å². The first-order valence-electron chi connectivity index (χ1n) is 10.6. The Morgan fingerprint density at radius 2 is 1.81 bits per heavy atom. The van der Waals surface area contributed by atoms with E-state index in [4.69, 9.17) is 9.47 Å². The van der Waals surface area contributed by atoms with Gasteiger partial charge in [0.25, 0.3) is 0 Å². The number of hydrogen-bond donors (Lipinski definition) is 1. The molecular weight excluding hydrogens is 432 g/mol. The molecule has 1 saturated heterocycles. The highest BCUT2D eigenvalue weighted by atomic mass is 19.2. The second-order valence-electron chi connectivity index (χ2n) is 8.89. The first kappa shape index (κ1) is 25.7. The lowest BCUT2D eigenvalue weighted by Crippen LogP contribution is -2.47. The van der Waals surface area contributed by atoms with Gasteiger partial charge in [0.05, 0.1) is 12.5 Å². The van der Waals surface area contributed by atoms with Crippen LogP contribution in [0.2, 0.25) is 0 Å². The maximum atomic E-state index is 13.7. The van der Waals surface area contributed by atoms with Crippen molar-refractivity contribution in [1.82, 2.24) is 10.2 Å². The van der Waals surface area contributed by atoms with Crippen LogP contribution in [-0.2, 0) is 9.53 Å². The van der Waals surface area contributed by atoms with E-state index in [2.05, 4.69) is 5.32 Å². The SMILES string of the molecule is CCC(CNC(=O)[C@H]1CCCN(C(=O)OC(C)(C)C)C1)COc1c(F)c(F)cc(F)c1F. The first-order chi connectivity index (χ1) is 14.9. The minimum atomic E-state index is -1.60. The molecule has 6 nitrogen and oxygen atoms in total. The molecule has 180 valence electrons. The molecule has 0 saturated carbocycles. The smallest absolute Gasteiger partial charge is 0.410 e. The summed E-state index contributed by atoms with van der Waals surface area (Å²) in [4.78, 5) is 26.4. The van der Waals surface area contributed by atoms with Crippen molar-refractivity contribution in [2.24, 2.45) is 11.8 Å². The normalized spacial score (nSPS) is 17.6. The maximum Gasteiger partial charge on any atom is 0.410 e. The lowest BCUT2D eigenvalue weighted by Gasteiger charge is -2.33. The third-order valence-corrected chi connectivity index (χ3v) is 5.12. The average molecular weight is 462 g/mol. The zero-order valence-electron chi connectivity index (χ0n) is 18.8. The van der Waals surface area contributed by atoms with Gasteiger partial charge in [-0.05, 0) is 40.0 Å². The number of piperidine rings is 1. The molecule has 0 spiro atoms. The molecule has 1 aliphatic rings. The number of carbonyl (C=O) groups excluding carboxylic acids is 2. The summed E-state index contributed by atoms with van der Waals surface area (Å²) in [5.41, 5.74) is -0.635. The number of ether oxygens (including phenoxy) is 2. The van der Waals surface area contributed by atoms with Crippen LogP contribution in [0, 0.1) is 35.1 Å². The van der Waals surface area contributed by atoms with E-state index in [0.29, 0.717) is 25.8 Å². The lowest BCUT2D eigenvalue weighted by atomic mass is 9.97. The van der Waals surface area contributed by atoms with Crippen molar-refractivity contribution in [3.63, 3.8) is 0 Å². The molecule has 2 amide bonds. The van der Waals surface area contributed by atoms with Crippen LogP contribution in [0.15, 0.2) is 6.07 Å². The van der Waals surface area contributed by atoms with Gasteiger partial charge < -0.3 is 19.7 Å². The number of amides is 2. The summed E-state index contributed by atoms with van der Waals surface area (Å²) in [6, 6.07) is 0.111. The van der Waals surface area contributed by atoms with E-state index in [1.807, 2.05) is 0 Å². The zero-order valence-corrected chi connectivity index (χ0v) is 18.8. The number of hydrogen-bond acceptors (Lipinski definition) is 4. The van der Waals surface area contributed by atoms with E-state index in [0.717, 1.165) is 0 Å². The van der Waals surface area contributed by atoms with Crippen LogP contribution in [0.4, 0.5) is 22.4 Å². The molecule has 1 heterocycles. The Morgan fingerprint density at radius 1 is 1.19 bits per heavy atom. The van der Waals surface area contributed by atoms with Crippen molar-refractivity contribution in [2.45, 2.75) is 52.6 Å². The van der Waals surface area contributed by atoms with Crippen LogP contribution in [-0.4, -0.2) is 48.7 Å². The summed E-state index contributed by atoms with van der Waals surface area (Å²) in [5.74, 6) is -8.45. The first-order valence-corrected chi connectivity index (χ1v) is 10.6. The van der Waals surface area contributed by atoms with Crippen LogP contribution in [0.25, 0.3) is 0 Å². The molecule has 0 radical (unpaired) electrons. The predicted octanol–water partition coefficient (Wildman–Crippen LogP) is 4.41. The van der Waals surface area contributed by atoms with Gasteiger partial charge >= 0.3 is 6.09 Å². The number of halogens is 4. The van der Waals surface area contributed by atoms with Crippen LogP contribution in [0.5, 0.6) is 5.75 Å². The van der Waals surface area contributed by atoms with Gasteiger partial charge in [0.2, 0.25) is 17.5 Å². The van der Waals surface area contributed by atoms with Crippen molar-refractivity contribution in [3.05, 3.63) is 29.3 Å². The minimum Gasteiger partial charge on any atom is -0.487 e. The Kier molecular flexibility index (Phi) is 8.74. The Labute approximate surface area is 185 Å². The molecule has 1 unspecified atom stereocenters. The van der Waals surface area contributed by atoms with E-state index >= 15 is 0 Å². The third kappa shape index (κ3) is 7.00. The average Bonchev–Trinajstić information content (AvgIpc) is 2.73. The molecule has 1 aromatic rings. The standard InChI is InChI=1S/C22H30F4N2O4/c1-5-13(12-31-19-17(25)15(23)9-16(24)18(19)26)10-27-20(29)14-7-6-8-28(11-14)21(30)32-22(2,3)4/h9,13-14H,5-8,10-12H2,1-4H3,(H,27,29)/t13?,14-/m0/s1. The van der Waals surface area contributed by atoms with E-state index in [1.165, 1.54) is 4.90 Å². The third-order valence-electron chi connectivity index (χ3n) is 5.12. The van der Waals surface area contributed by atoms with Gasteiger partial charge in [0.1, 0.15) is 5.60 Å². The molecule has 2 atom stereocenters. The van der Waals surface area contributed by atoms with Crippen molar-refractivity contribution in [2.75, 3.05) is 26.2 Å². The highest BCUT2D eigenvalue weighted by Gasteiger charge is 2.31. The van der Waals surface area contributed by atoms with Crippen molar-refractivity contribution >= 4 is 12.0 Å². The molecule has 1 N–H and O–H groups in total. The van der Waals surface area contributed by atoms with Gasteiger partial charge in [-0.3, -0.25) is 4.79 Å². The Balaban J connectivity index is 1.89. The van der Waals surface area contributed by atoms with E-state index in [9.17, 15) is 27.2 Å². The highest BCUT2D eigenvalue weighted by Crippen LogP contribution is 2.27. The fourth-order valence-electron chi connectivity index (χ4n) is 3.27. The van der Waals surface area contributed by atoms with Crippen LogP contribution in [0.1, 0.15) is 47.0 Å². The van der Waals surface area contributed by atoms with Gasteiger partial charge in [0.15, 0.2) is 17.4 Å². The topological polar surface area (TPSA) is 67.9 Å². The number of nitrogens with zero attached hydrogens (tertiary/aromatic N) is 1. The lowest BCUT2D eigenvalue weighted by molar-refractivity contribution is -0.126. The van der Waals surface area contributed by atoms with E-state index in [-0.39, 0.29) is 37.6 Å². The summed E-state index contributed by atoms with van der Waals surface area (Å²) < 4.78 is 64.5. The largest absolute Gasteiger partial charge is 0.487 e. The van der Waals surface area contributed by atoms with Crippen molar-refractivity contribution < 1.29 is 36.6 Å². The van der Waals surface area contributed by atoms with Gasteiger partial charge in [-0.25, -0.2) is 13.6 Å². The second kappa shape index (κ2) is 10.9. The summed E-state index contributed by atoms with van der Waals surface area (Å²) >= 11 is 0. The van der Waals surface area contributed by atoms with Gasteiger partial charge in [-0.2, -0.15) is 8.78 Å². The van der Waals surface area contributed by atoms with Gasteiger partial charge in [-0.15, -0.1) is 0 Å². The number of rotatable bonds is 7. The van der Waals surface area contributed by atoms with Crippen molar-refractivity contribution in [1.29, 1.82) is 0 Å². The summed E-state index contributed by atoms with van der Waals surface area (Å²) in [6.07, 6.45) is 1.27. The molecule has 0 bridgehead atoms. The molecule has 10 heteroatoms. The maximum absolute atomic E-state index is 13.7. The molecule has 32 heavy (non-hydrogen) atoms. The Morgan fingerprint density at radius 3 is 2.38 bits per heavy atom. The molecule has 1 aliphatic heterocycles. The minimum absolute atomic E-state index is 0.111. The Bertz CT molecular complexity index is 803. The van der Waals surface area contributed by atoms with E-state index in [1.54, 1.807) is 27.7 Å².